The average molecular weight is 518 g/mol. The van der Waals surface area contributed by atoms with Crippen LogP contribution in [-0.4, -0.2) is 76.1 Å². The van der Waals surface area contributed by atoms with Crippen molar-refractivity contribution in [2.75, 3.05) is 13.6 Å². The number of carbonyl (C=O) groups is 2. The maximum atomic E-state index is 12.1. The summed E-state index contributed by atoms with van der Waals surface area (Å²) in [6.45, 7) is 5.88. The normalized spacial score (nSPS) is 29.6. The molecular formula is C25H34F3NO7. The fourth-order valence-electron chi connectivity index (χ4n) is 5.40. The molecule has 0 amide bonds. The van der Waals surface area contributed by atoms with Crippen molar-refractivity contribution in [3.05, 3.63) is 40.7 Å². The number of esters is 1. The number of hydrogen-bond donors (Lipinski definition) is 3. The van der Waals surface area contributed by atoms with Crippen LogP contribution >= 0.6 is 0 Å². The van der Waals surface area contributed by atoms with Crippen molar-refractivity contribution in [2.24, 2.45) is 0 Å². The minimum Gasteiger partial charge on any atom is -0.481 e. The SMILES string of the molecule is C.Cc1ccc(CO)c2c1[C@]13CCN(C)[C@H](C)[C@]1(O)CC=C(OC(=O)[C@H](C)O)[C@@H]3O2.O=CC(F)(F)F. The summed E-state index contributed by atoms with van der Waals surface area (Å²) in [7, 11) is 1.99. The molecule has 8 nitrogen and oxygen atoms in total. The van der Waals surface area contributed by atoms with E-state index in [1.807, 2.05) is 33.0 Å². The highest BCUT2D eigenvalue weighted by Crippen LogP contribution is 2.61. The molecule has 36 heavy (non-hydrogen) atoms. The van der Waals surface area contributed by atoms with Crippen LogP contribution in [0.25, 0.3) is 0 Å². The second kappa shape index (κ2) is 10.5. The van der Waals surface area contributed by atoms with Gasteiger partial charge in [0.2, 0.25) is 6.29 Å². The summed E-state index contributed by atoms with van der Waals surface area (Å²) in [5.41, 5.74) is 0.542. The van der Waals surface area contributed by atoms with E-state index in [1.165, 1.54) is 6.92 Å². The third-order valence-electron chi connectivity index (χ3n) is 7.30. The molecule has 0 bridgehead atoms. The number of hydrogen-bond acceptors (Lipinski definition) is 8. The largest absolute Gasteiger partial charge is 0.481 e. The second-order valence-corrected chi connectivity index (χ2v) is 9.27. The van der Waals surface area contributed by atoms with Crippen molar-refractivity contribution >= 4 is 12.3 Å². The first-order valence-electron chi connectivity index (χ1n) is 11.2. The van der Waals surface area contributed by atoms with Gasteiger partial charge < -0.3 is 29.7 Å². The zero-order chi connectivity index (χ0) is 26.3. The van der Waals surface area contributed by atoms with Crippen LogP contribution in [-0.2, 0) is 26.3 Å². The number of likely N-dealkylation sites (N-methyl/N-ethyl adjacent to an activating group) is 1. The quantitative estimate of drug-likeness (QED) is 0.414. The predicted molar refractivity (Wildman–Crippen MR) is 124 cm³/mol. The number of alkyl halides is 3. The first kappa shape index (κ1) is 29.8. The van der Waals surface area contributed by atoms with Gasteiger partial charge in [0.25, 0.3) is 0 Å². The lowest BCUT2D eigenvalue weighted by Gasteiger charge is -2.58. The molecule has 1 spiro atoms. The van der Waals surface area contributed by atoms with Gasteiger partial charge >= 0.3 is 12.1 Å². The van der Waals surface area contributed by atoms with Crippen molar-refractivity contribution in [1.82, 2.24) is 4.90 Å². The topological polar surface area (TPSA) is 117 Å². The Labute approximate surface area is 208 Å². The molecule has 2 aliphatic heterocycles. The number of aliphatic hydroxyl groups is 3. The van der Waals surface area contributed by atoms with Crippen molar-refractivity contribution in [3.8, 4) is 5.75 Å². The van der Waals surface area contributed by atoms with Gasteiger partial charge in [-0.1, -0.05) is 19.6 Å². The maximum absolute atomic E-state index is 12.1. The Morgan fingerprint density at radius 3 is 2.53 bits per heavy atom. The lowest BCUT2D eigenvalue weighted by Crippen LogP contribution is -2.71. The number of rotatable bonds is 3. The number of ether oxygens (including phenoxy) is 2. The number of aldehydes is 1. The number of halogens is 3. The van der Waals surface area contributed by atoms with Crippen molar-refractivity contribution < 1.29 is 47.6 Å². The average Bonchev–Trinajstić information content (AvgIpc) is 3.16. The second-order valence-electron chi connectivity index (χ2n) is 9.27. The first-order valence-corrected chi connectivity index (χ1v) is 11.2. The Kier molecular flexibility index (Phi) is 8.67. The minimum absolute atomic E-state index is 0. The highest BCUT2D eigenvalue weighted by molar-refractivity contribution is 5.75. The Bertz CT molecular complexity index is 1030. The molecule has 1 aliphatic carbocycles. The molecule has 3 N–H and O–H groups in total. The summed E-state index contributed by atoms with van der Waals surface area (Å²) >= 11 is 0. The van der Waals surface area contributed by atoms with Gasteiger partial charge in [0.15, 0.2) is 6.10 Å². The number of nitrogens with zero attached hydrogens (tertiary/aromatic N) is 1. The minimum atomic E-state index is -4.64. The summed E-state index contributed by atoms with van der Waals surface area (Å²) in [6, 6.07) is 3.61. The van der Waals surface area contributed by atoms with Crippen LogP contribution < -0.4 is 4.74 Å². The van der Waals surface area contributed by atoms with Crippen LogP contribution in [0.4, 0.5) is 13.2 Å². The molecule has 0 aromatic heterocycles. The van der Waals surface area contributed by atoms with E-state index in [0.717, 1.165) is 17.7 Å². The lowest BCUT2D eigenvalue weighted by molar-refractivity contribution is -0.165. The molecule has 1 fully saturated rings. The van der Waals surface area contributed by atoms with Gasteiger partial charge in [-0.2, -0.15) is 13.2 Å². The molecule has 0 radical (unpaired) electrons. The zero-order valence-corrected chi connectivity index (χ0v) is 19.9. The van der Waals surface area contributed by atoms with Crippen molar-refractivity contribution in [3.63, 3.8) is 0 Å². The summed E-state index contributed by atoms with van der Waals surface area (Å²) < 4.78 is 43.1. The smallest absolute Gasteiger partial charge is 0.446 e. The van der Waals surface area contributed by atoms with E-state index >= 15 is 0 Å². The van der Waals surface area contributed by atoms with Gasteiger partial charge in [-0.15, -0.1) is 0 Å². The molecule has 1 aromatic carbocycles. The van der Waals surface area contributed by atoms with Gasteiger partial charge in [0, 0.05) is 23.6 Å². The lowest BCUT2D eigenvalue weighted by atomic mass is 9.54. The molecule has 11 heteroatoms. The van der Waals surface area contributed by atoms with Crippen LogP contribution in [0.5, 0.6) is 5.75 Å². The van der Waals surface area contributed by atoms with E-state index in [1.54, 1.807) is 6.08 Å². The van der Waals surface area contributed by atoms with E-state index in [9.17, 15) is 33.3 Å². The highest BCUT2D eigenvalue weighted by atomic mass is 19.4. The number of carbonyl (C=O) groups excluding carboxylic acids is 2. The number of likely N-dealkylation sites (tertiary alicyclic amines) is 1. The van der Waals surface area contributed by atoms with E-state index < -0.39 is 41.7 Å². The van der Waals surface area contributed by atoms with Gasteiger partial charge in [-0.3, -0.25) is 4.79 Å². The molecule has 202 valence electrons. The molecule has 5 atom stereocenters. The molecule has 4 rings (SSSR count). The molecule has 1 aromatic rings. The van der Waals surface area contributed by atoms with Crippen LogP contribution in [0.2, 0.25) is 0 Å². The Morgan fingerprint density at radius 2 is 2.00 bits per heavy atom. The number of benzene rings is 1. The summed E-state index contributed by atoms with van der Waals surface area (Å²) in [5, 5.41) is 31.6. The molecule has 2 heterocycles. The molecule has 3 aliphatic rings. The standard InChI is InChI=1S/C22H29NO6.C2HF3O.CH4/c1-12-5-6-15(11-24)18-17(12)21-9-10-23(4)14(3)22(21,27)8-7-16(19(21)29-18)28-20(26)13(2)25;3-2(4,5)1-6;/h5-7,13-14,19,24-25,27H,8-11H2,1-4H3;1H;1H4/t13-,14+,19-,21-,22+;;/m0../s1. The van der Waals surface area contributed by atoms with Gasteiger partial charge in [-0.05, 0) is 52.4 Å². The Balaban J connectivity index is 0.000000584. The van der Waals surface area contributed by atoms with E-state index in [2.05, 4.69) is 4.90 Å². The van der Waals surface area contributed by atoms with Crippen LogP contribution in [0, 0.1) is 6.92 Å². The van der Waals surface area contributed by atoms with Gasteiger partial charge in [0.05, 0.1) is 17.6 Å². The number of aliphatic hydroxyl groups excluding tert-OH is 2. The van der Waals surface area contributed by atoms with E-state index in [-0.39, 0.29) is 20.1 Å². The third kappa shape index (κ3) is 4.77. The molecule has 1 saturated heterocycles. The maximum Gasteiger partial charge on any atom is 0.446 e. The monoisotopic (exact) mass is 517 g/mol. The fourth-order valence-corrected chi connectivity index (χ4v) is 5.40. The van der Waals surface area contributed by atoms with Crippen LogP contribution in [0.15, 0.2) is 24.0 Å². The van der Waals surface area contributed by atoms with Crippen molar-refractivity contribution in [2.45, 2.75) is 83.1 Å². The summed E-state index contributed by atoms with van der Waals surface area (Å²) in [4.78, 5) is 23.0. The van der Waals surface area contributed by atoms with E-state index in [0.29, 0.717) is 29.9 Å². The highest BCUT2D eigenvalue weighted by Gasteiger charge is 2.69. The first-order chi connectivity index (χ1) is 16.2. The molecular weight excluding hydrogens is 483 g/mol. The van der Waals surface area contributed by atoms with E-state index in [4.69, 9.17) is 14.3 Å². The van der Waals surface area contributed by atoms with Gasteiger partial charge in [0.1, 0.15) is 17.6 Å². The predicted octanol–water partition coefficient (Wildman–Crippen LogP) is 2.54. The molecule has 0 saturated carbocycles. The Morgan fingerprint density at radius 1 is 1.39 bits per heavy atom. The zero-order valence-electron chi connectivity index (χ0n) is 19.9. The van der Waals surface area contributed by atoms with Crippen LogP contribution in [0.1, 0.15) is 50.8 Å². The van der Waals surface area contributed by atoms with Crippen LogP contribution in [0.3, 0.4) is 0 Å². The van der Waals surface area contributed by atoms with Crippen molar-refractivity contribution in [1.29, 1.82) is 0 Å². The number of aryl methyl sites for hydroxylation is 1. The van der Waals surface area contributed by atoms with Gasteiger partial charge in [-0.25, -0.2) is 4.79 Å². The number of fused-ring (bicyclic) bond motifs is 1. The molecule has 0 unspecified atom stereocenters. The Hall–Kier alpha value is -2.47. The fraction of sp³-hybridized carbons (Fsp3) is 0.600. The summed E-state index contributed by atoms with van der Waals surface area (Å²) in [5.74, 6) is 0.127. The summed E-state index contributed by atoms with van der Waals surface area (Å²) in [6.07, 6.45) is -5.06. The number of piperidine rings is 1. The third-order valence-corrected chi connectivity index (χ3v) is 7.30.